The molecule has 1 N–H and O–H groups in total. The number of likely N-dealkylation sites (N-methyl/N-ethyl adjacent to an activating group) is 1. The largest absolute Gasteiger partial charge is 0.341 e. The zero-order valence-electron chi connectivity index (χ0n) is 10.2. The van der Waals surface area contributed by atoms with E-state index in [1.165, 1.54) is 0 Å². The van der Waals surface area contributed by atoms with Crippen molar-refractivity contribution in [3.05, 3.63) is 30.1 Å². The Bertz CT molecular complexity index is 464. The van der Waals surface area contributed by atoms with Crippen LogP contribution in [0.3, 0.4) is 0 Å². The second-order valence-corrected chi connectivity index (χ2v) is 4.78. The molecule has 0 bridgehead atoms. The number of hydrogen-bond donors (Lipinski definition) is 1. The lowest BCUT2D eigenvalue weighted by Crippen LogP contribution is -2.44. The normalized spacial score (nSPS) is 18.9. The molecule has 4 nitrogen and oxygen atoms in total. The molecular formula is C13H18N4. The van der Waals surface area contributed by atoms with Gasteiger partial charge in [0.05, 0.1) is 17.6 Å². The topological polar surface area (TPSA) is 35.2 Å². The van der Waals surface area contributed by atoms with Gasteiger partial charge in [0.1, 0.15) is 5.82 Å². The van der Waals surface area contributed by atoms with Gasteiger partial charge in [0.2, 0.25) is 0 Å². The van der Waals surface area contributed by atoms with Crippen LogP contribution < -0.4 is 0 Å². The third-order valence-corrected chi connectivity index (χ3v) is 3.41. The van der Waals surface area contributed by atoms with E-state index in [1.54, 1.807) is 0 Å². The third kappa shape index (κ3) is 2.33. The van der Waals surface area contributed by atoms with Crippen LogP contribution in [0.15, 0.2) is 24.3 Å². The van der Waals surface area contributed by atoms with Crippen molar-refractivity contribution >= 4 is 11.0 Å². The number of imidazole rings is 1. The molecule has 90 valence electrons. The van der Waals surface area contributed by atoms with Gasteiger partial charge >= 0.3 is 0 Å². The van der Waals surface area contributed by atoms with E-state index in [9.17, 15) is 0 Å². The van der Waals surface area contributed by atoms with Gasteiger partial charge in [0.15, 0.2) is 0 Å². The van der Waals surface area contributed by atoms with Crippen molar-refractivity contribution in [1.82, 2.24) is 19.8 Å². The molecular weight excluding hydrogens is 212 g/mol. The van der Waals surface area contributed by atoms with Crippen LogP contribution >= 0.6 is 0 Å². The summed E-state index contributed by atoms with van der Waals surface area (Å²) >= 11 is 0. The highest BCUT2D eigenvalue weighted by atomic mass is 15.3. The van der Waals surface area contributed by atoms with Gasteiger partial charge in [-0.1, -0.05) is 12.1 Å². The van der Waals surface area contributed by atoms with Gasteiger partial charge in [-0.2, -0.15) is 0 Å². The van der Waals surface area contributed by atoms with Crippen LogP contribution in [0.1, 0.15) is 5.82 Å². The predicted octanol–water partition coefficient (Wildman–Crippen LogP) is 1.31. The van der Waals surface area contributed by atoms with Gasteiger partial charge in [-0.05, 0) is 19.2 Å². The maximum absolute atomic E-state index is 4.62. The van der Waals surface area contributed by atoms with E-state index in [4.69, 9.17) is 0 Å². The monoisotopic (exact) mass is 230 g/mol. The average Bonchev–Trinajstić information content (AvgIpc) is 2.74. The molecule has 2 heterocycles. The molecule has 4 heteroatoms. The van der Waals surface area contributed by atoms with Crippen LogP contribution in [-0.2, 0) is 6.54 Å². The first kappa shape index (κ1) is 10.7. The van der Waals surface area contributed by atoms with Crippen molar-refractivity contribution < 1.29 is 0 Å². The van der Waals surface area contributed by atoms with E-state index in [2.05, 4.69) is 38.9 Å². The van der Waals surface area contributed by atoms with E-state index in [0.29, 0.717) is 0 Å². The number of H-pyrrole nitrogens is 1. The molecule has 1 saturated heterocycles. The zero-order valence-corrected chi connectivity index (χ0v) is 10.2. The first-order chi connectivity index (χ1) is 8.31. The molecule has 1 aliphatic heterocycles. The van der Waals surface area contributed by atoms with Crippen molar-refractivity contribution in [2.24, 2.45) is 0 Å². The SMILES string of the molecule is CN1CCN(Cc2nc3ccccc3[nH]2)CC1. The number of hydrogen-bond acceptors (Lipinski definition) is 3. The quantitative estimate of drug-likeness (QED) is 0.845. The number of aromatic amines is 1. The highest BCUT2D eigenvalue weighted by Crippen LogP contribution is 2.12. The minimum absolute atomic E-state index is 0.933. The van der Waals surface area contributed by atoms with Gasteiger partial charge in [-0.3, -0.25) is 4.90 Å². The Morgan fingerprint density at radius 1 is 1.18 bits per heavy atom. The van der Waals surface area contributed by atoms with Crippen molar-refractivity contribution in [1.29, 1.82) is 0 Å². The fourth-order valence-corrected chi connectivity index (χ4v) is 2.30. The van der Waals surface area contributed by atoms with Crippen molar-refractivity contribution in [3.63, 3.8) is 0 Å². The summed E-state index contributed by atoms with van der Waals surface area (Å²) in [5.41, 5.74) is 2.20. The molecule has 0 atom stereocenters. The molecule has 0 unspecified atom stereocenters. The van der Waals surface area contributed by atoms with E-state index >= 15 is 0 Å². The highest BCUT2D eigenvalue weighted by molar-refractivity contribution is 5.74. The lowest BCUT2D eigenvalue weighted by Gasteiger charge is -2.31. The van der Waals surface area contributed by atoms with E-state index < -0.39 is 0 Å². The zero-order chi connectivity index (χ0) is 11.7. The number of rotatable bonds is 2. The minimum atomic E-state index is 0.933. The number of nitrogens with one attached hydrogen (secondary N) is 1. The number of aromatic nitrogens is 2. The second kappa shape index (κ2) is 4.47. The Morgan fingerprint density at radius 3 is 2.71 bits per heavy atom. The first-order valence-corrected chi connectivity index (χ1v) is 6.16. The molecule has 0 spiro atoms. The molecule has 1 aliphatic rings. The summed E-state index contributed by atoms with van der Waals surface area (Å²) in [4.78, 5) is 12.8. The number of benzene rings is 1. The van der Waals surface area contributed by atoms with Crippen molar-refractivity contribution in [2.45, 2.75) is 6.54 Å². The smallest absolute Gasteiger partial charge is 0.121 e. The van der Waals surface area contributed by atoms with Crippen LogP contribution in [0.25, 0.3) is 11.0 Å². The standard InChI is InChI=1S/C13H18N4/c1-16-6-8-17(9-7-16)10-13-14-11-4-2-3-5-12(11)15-13/h2-5H,6-10H2,1H3,(H,14,15). The fourth-order valence-electron chi connectivity index (χ4n) is 2.30. The lowest BCUT2D eigenvalue weighted by atomic mass is 10.3. The van der Waals surface area contributed by atoms with Gasteiger partial charge in [-0.15, -0.1) is 0 Å². The molecule has 2 aromatic rings. The third-order valence-electron chi connectivity index (χ3n) is 3.41. The van der Waals surface area contributed by atoms with Gasteiger partial charge in [-0.25, -0.2) is 4.98 Å². The Hall–Kier alpha value is -1.39. The second-order valence-electron chi connectivity index (χ2n) is 4.78. The number of nitrogens with zero attached hydrogens (tertiary/aromatic N) is 3. The maximum Gasteiger partial charge on any atom is 0.121 e. The number of fused-ring (bicyclic) bond motifs is 1. The lowest BCUT2D eigenvalue weighted by molar-refractivity contribution is 0.146. The molecule has 3 rings (SSSR count). The summed E-state index contributed by atoms with van der Waals surface area (Å²) in [5, 5.41) is 0. The Morgan fingerprint density at radius 2 is 1.94 bits per heavy atom. The Kier molecular flexibility index (Phi) is 2.82. The van der Waals surface area contributed by atoms with Gasteiger partial charge in [0.25, 0.3) is 0 Å². The number of para-hydroxylation sites is 2. The molecule has 17 heavy (non-hydrogen) atoms. The fraction of sp³-hybridized carbons (Fsp3) is 0.462. The summed E-state index contributed by atoms with van der Waals surface area (Å²) in [6, 6.07) is 8.21. The van der Waals surface area contributed by atoms with Crippen LogP contribution in [0, 0.1) is 0 Å². The van der Waals surface area contributed by atoms with Crippen LogP contribution in [0.2, 0.25) is 0 Å². The highest BCUT2D eigenvalue weighted by Gasteiger charge is 2.15. The van der Waals surface area contributed by atoms with Crippen molar-refractivity contribution in [3.8, 4) is 0 Å². The Balaban J connectivity index is 1.72. The van der Waals surface area contributed by atoms with E-state index in [-0.39, 0.29) is 0 Å². The summed E-state index contributed by atoms with van der Waals surface area (Å²) in [5.74, 6) is 1.08. The molecule has 0 radical (unpaired) electrons. The first-order valence-electron chi connectivity index (χ1n) is 6.16. The maximum atomic E-state index is 4.62. The summed E-state index contributed by atoms with van der Waals surface area (Å²) in [6.07, 6.45) is 0. The van der Waals surface area contributed by atoms with Crippen LogP contribution in [-0.4, -0.2) is 53.0 Å². The van der Waals surface area contributed by atoms with Crippen LogP contribution in [0.4, 0.5) is 0 Å². The van der Waals surface area contributed by atoms with Gasteiger partial charge in [0, 0.05) is 26.2 Å². The molecule has 1 aromatic heterocycles. The Labute approximate surface area is 101 Å². The molecule has 0 saturated carbocycles. The van der Waals surface area contributed by atoms with E-state index in [0.717, 1.165) is 49.6 Å². The molecule has 1 aromatic carbocycles. The average molecular weight is 230 g/mol. The molecule has 0 amide bonds. The number of piperazine rings is 1. The minimum Gasteiger partial charge on any atom is -0.341 e. The molecule has 0 aliphatic carbocycles. The summed E-state index contributed by atoms with van der Waals surface area (Å²) in [6.45, 7) is 5.50. The summed E-state index contributed by atoms with van der Waals surface area (Å²) in [7, 11) is 2.18. The van der Waals surface area contributed by atoms with Crippen LogP contribution in [0.5, 0.6) is 0 Å². The van der Waals surface area contributed by atoms with Gasteiger partial charge < -0.3 is 9.88 Å². The van der Waals surface area contributed by atoms with E-state index in [1.807, 2.05) is 12.1 Å². The summed E-state index contributed by atoms with van der Waals surface area (Å²) < 4.78 is 0. The molecule has 1 fully saturated rings. The predicted molar refractivity (Wildman–Crippen MR) is 68.9 cm³/mol. The van der Waals surface area contributed by atoms with Crippen molar-refractivity contribution in [2.75, 3.05) is 33.2 Å².